The summed E-state index contributed by atoms with van der Waals surface area (Å²) in [5.74, 6) is 0.479. The van der Waals surface area contributed by atoms with Crippen LogP contribution in [-0.4, -0.2) is 14.7 Å². The topological polar surface area (TPSA) is 34.1 Å². The third-order valence-corrected chi connectivity index (χ3v) is 6.54. The smallest absolute Gasteiger partial charge is 0.199 e. The largest absolute Gasteiger partial charge is 0.218 e. The molecule has 0 saturated carbocycles. The lowest BCUT2D eigenvalue weighted by molar-refractivity contribution is 0.615. The van der Waals surface area contributed by atoms with Crippen LogP contribution in [0.5, 0.6) is 0 Å². The van der Waals surface area contributed by atoms with E-state index in [9.17, 15) is 8.42 Å². The molecule has 0 atom stereocenters. The Morgan fingerprint density at radius 2 is 1.41 bits per heavy atom. The third kappa shape index (κ3) is 2.23. The van der Waals surface area contributed by atoms with Crippen molar-refractivity contribution in [3.63, 3.8) is 0 Å². The van der Waals surface area contributed by atoms with E-state index in [0.717, 1.165) is 21.7 Å². The molecule has 110 valence electrons. The molecule has 0 fully saturated rings. The number of hydrogen-bond donors (Lipinski definition) is 0. The Hall–Kier alpha value is -1.78. The van der Waals surface area contributed by atoms with E-state index < -0.39 is 8.87 Å². The fourth-order valence-corrected chi connectivity index (χ4v) is 4.71. The Balaban J connectivity index is 2.04. The van der Waals surface area contributed by atoms with E-state index in [4.69, 9.17) is 0 Å². The minimum atomic E-state index is -3.04. The first-order valence-electron chi connectivity index (χ1n) is 7.03. The monoisotopic (exact) mass is 326 g/mol. The lowest BCUT2D eigenvalue weighted by atomic mass is 9.92. The van der Waals surface area contributed by atoms with E-state index in [-0.39, 0.29) is 0 Å². The van der Waals surface area contributed by atoms with E-state index >= 15 is 0 Å². The van der Waals surface area contributed by atoms with E-state index in [2.05, 4.69) is 48.5 Å². The fraction of sp³-hybridized carbons (Fsp3) is 0.111. The minimum Gasteiger partial charge on any atom is -0.218 e. The van der Waals surface area contributed by atoms with Gasteiger partial charge < -0.3 is 0 Å². The fourth-order valence-electron chi connectivity index (χ4n) is 3.09. The molecule has 4 rings (SSSR count). The lowest BCUT2D eigenvalue weighted by Crippen LogP contribution is -1.92. The summed E-state index contributed by atoms with van der Waals surface area (Å²) in [6.07, 6.45) is 1.26. The van der Waals surface area contributed by atoms with E-state index in [1.807, 2.05) is 6.07 Å². The first-order valence-corrected chi connectivity index (χ1v) is 10.4. The van der Waals surface area contributed by atoms with Crippen molar-refractivity contribution in [3.05, 3.63) is 60.2 Å². The zero-order chi connectivity index (χ0) is 15.3. The highest BCUT2D eigenvalue weighted by Gasteiger charge is 2.12. The van der Waals surface area contributed by atoms with Crippen molar-refractivity contribution in [3.8, 4) is 0 Å². The summed E-state index contributed by atoms with van der Waals surface area (Å²) in [7, 11) is -2.05. The van der Waals surface area contributed by atoms with Crippen molar-refractivity contribution in [1.82, 2.24) is 0 Å². The molecule has 0 saturated heterocycles. The van der Waals surface area contributed by atoms with Crippen LogP contribution in [-0.2, 0) is 14.6 Å². The standard InChI is InChI=1S/C18H14O2S2/c1-22(19,20)21-11-15-8-7-14-6-5-12-3-2-4-13-9-10-16(15)18(14)17(12)13/h2-10H,11H2,1H3. The van der Waals surface area contributed by atoms with Crippen LogP contribution in [0.25, 0.3) is 32.3 Å². The summed E-state index contributed by atoms with van der Waals surface area (Å²) >= 11 is 0. The number of rotatable bonds is 3. The third-order valence-electron chi connectivity index (χ3n) is 4.05. The van der Waals surface area contributed by atoms with Gasteiger partial charge in [0.1, 0.15) is 0 Å². The highest BCUT2D eigenvalue weighted by atomic mass is 33.1. The molecule has 4 aromatic carbocycles. The molecule has 2 nitrogen and oxygen atoms in total. The molecule has 0 N–H and O–H groups in total. The molecule has 0 amide bonds. The van der Waals surface area contributed by atoms with Gasteiger partial charge in [0.25, 0.3) is 0 Å². The number of benzene rings is 4. The second-order valence-corrected chi connectivity index (χ2v) is 10.0. The van der Waals surface area contributed by atoms with Crippen LogP contribution in [0.3, 0.4) is 0 Å². The van der Waals surface area contributed by atoms with Crippen LogP contribution < -0.4 is 0 Å². The summed E-state index contributed by atoms with van der Waals surface area (Å²) in [4.78, 5) is 0. The van der Waals surface area contributed by atoms with Gasteiger partial charge in [0.05, 0.1) is 0 Å². The molecule has 0 heterocycles. The van der Waals surface area contributed by atoms with Crippen molar-refractivity contribution < 1.29 is 8.42 Å². The molecule has 22 heavy (non-hydrogen) atoms. The highest BCUT2D eigenvalue weighted by molar-refractivity contribution is 8.71. The predicted molar refractivity (Wildman–Crippen MR) is 96.3 cm³/mol. The van der Waals surface area contributed by atoms with Gasteiger partial charge in [-0.1, -0.05) is 54.6 Å². The van der Waals surface area contributed by atoms with E-state index in [0.29, 0.717) is 5.75 Å². The van der Waals surface area contributed by atoms with Gasteiger partial charge in [-0.25, -0.2) is 8.42 Å². The van der Waals surface area contributed by atoms with Gasteiger partial charge >= 0.3 is 0 Å². The molecule has 0 bridgehead atoms. The van der Waals surface area contributed by atoms with Gasteiger partial charge in [-0.15, -0.1) is 0 Å². The highest BCUT2D eigenvalue weighted by Crippen LogP contribution is 2.37. The van der Waals surface area contributed by atoms with Crippen LogP contribution in [0, 0.1) is 0 Å². The van der Waals surface area contributed by atoms with Gasteiger partial charge in [0.2, 0.25) is 0 Å². The molecule has 0 spiro atoms. The molecule has 0 radical (unpaired) electrons. The van der Waals surface area contributed by atoms with Crippen LogP contribution in [0.2, 0.25) is 0 Å². The normalized spacial score (nSPS) is 12.6. The van der Waals surface area contributed by atoms with Gasteiger partial charge in [-0.2, -0.15) is 0 Å². The molecule has 4 heteroatoms. The maximum Gasteiger partial charge on any atom is 0.199 e. The zero-order valence-electron chi connectivity index (χ0n) is 12.0. The molecule has 0 aromatic heterocycles. The number of hydrogen-bond acceptors (Lipinski definition) is 3. The van der Waals surface area contributed by atoms with Crippen LogP contribution in [0.4, 0.5) is 0 Å². The minimum absolute atomic E-state index is 0.479. The van der Waals surface area contributed by atoms with Gasteiger partial charge in [-0.05, 0) is 48.7 Å². The Kier molecular flexibility index (Phi) is 3.06. The van der Waals surface area contributed by atoms with Crippen molar-refractivity contribution in [2.24, 2.45) is 0 Å². The SMILES string of the molecule is CS(=O)(=O)SCc1ccc2ccc3cccc4ccc1c2c34. The van der Waals surface area contributed by atoms with Gasteiger partial charge in [-0.3, -0.25) is 0 Å². The summed E-state index contributed by atoms with van der Waals surface area (Å²) in [6.45, 7) is 0. The first kappa shape index (κ1) is 13.9. The maximum absolute atomic E-state index is 11.4. The summed E-state index contributed by atoms with van der Waals surface area (Å²) in [6, 6.07) is 19.0. The molecular weight excluding hydrogens is 312 g/mol. The molecule has 0 aliphatic carbocycles. The molecule has 0 unspecified atom stereocenters. The summed E-state index contributed by atoms with van der Waals surface area (Å²) in [5.41, 5.74) is 1.07. The van der Waals surface area contributed by atoms with E-state index in [1.165, 1.54) is 33.2 Å². The Bertz CT molecular complexity index is 1080. The summed E-state index contributed by atoms with van der Waals surface area (Å²) < 4.78 is 22.9. The van der Waals surface area contributed by atoms with Crippen molar-refractivity contribution in [1.29, 1.82) is 0 Å². The predicted octanol–water partition coefficient (Wildman–Crippen LogP) is 4.78. The molecule has 0 aliphatic rings. The quantitative estimate of drug-likeness (QED) is 0.401. The van der Waals surface area contributed by atoms with Crippen molar-refractivity contribution in [2.45, 2.75) is 5.75 Å². The van der Waals surface area contributed by atoms with Crippen LogP contribution >= 0.6 is 10.8 Å². The first-order chi connectivity index (χ1) is 10.5. The average molecular weight is 326 g/mol. The zero-order valence-corrected chi connectivity index (χ0v) is 13.7. The molecule has 0 aliphatic heterocycles. The Labute approximate surface area is 132 Å². The lowest BCUT2D eigenvalue weighted by Gasteiger charge is -2.13. The van der Waals surface area contributed by atoms with E-state index in [1.54, 1.807) is 0 Å². The van der Waals surface area contributed by atoms with Crippen molar-refractivity contribution >= 4 is 52.0 Å². The Morgan fingerprint density at radius 3 is 2.09 bits per heavy atom. The summed E-state index contributed by atoms with van der Waals surface area (Å²) in [5, 5.41) is 7.31. The van der Waals surface area contributed by atoms with Crippen molar-refractivity contribution in [2.75, 3.05) is 6.26 Å². The maximum atomic E-state index is 11.4. The molecular formula is C18H14O2S2. The average Bonchev–Trinajstić information content (AvgIpc) is 2.50. The Morgan fingerprint density at radius 1 is 0.818 bits per heavy atom. The van der Waals surface area contributed by atoms with Crippen LogP contribution in [0.15, 0.2) is 54.6 Å². The molecule has 4 aromatic rings. The van der Waals surface area contributed by atoms with Crippen LogP contribution in [0.1, 0.15) is 5.56 Å². The second-order valence-electron chi connectivity index (χ2n) is 5.55. The second kappa shape index (κ2) is 4.86. The van der Waals surface area contributed by atoms with Gasteiger partial charge in [0, 0.05) is 12.0 Å². The van der Waals surface area contributed by atoms with Gasteiger partial charge in [0.15, 0.2) is 8.87 Å².